The van der Waals surface area contributed by atoms with Gasteiger partial charge in [0.05, 0.1) is 10.8 Å². The molecule has 124 valence electrons. The van der Waals surface area contributed by atoms with E-state index in [-0.39, 0.29) is 17.1 Å². The van der Waals surface area contributed by atoms with Gasteiger partial charge in [-0.1, -0.05) is 0 Å². The number of carbonyl (C=O) groups excluding carboxylic acids is 1. The van der Waals surface area contributed by atoms with E-state index >= 15 is 0 Å². The zero-order chi connectivity index (χ0) is 17.3. The molecule has 8 heteroatoms. The maximum atomic E-state index is 12.7. The average molecular weight is 337 g/mol. The van der Waals surface area contributed by atoms with Crippen molar-refractivity contribution < 1.29 is 17.9 Å². The second-order valence-corrected chi connectivity index (χ2v) is 8.49. The molecule has 1 atom stereocenters. The predicted molar refractivity (Wildman–Crippen MR) is 82.3 cm³/mol. The number of amides is 1. The molecule has 0 N–H and O–H groups in total. The first-order valence-electron chi connectivity index (χ1n) is 7.22. The van der Waals surface area contributed by atoms with Gasteiger partial charge in [0.25, 0.3) is 0 Å². The highest BCUT2D eigenvalue weighted by atomic mass is 32.2. The number of ether oxygens (including phenoxy) is 1. The van der Waals surface area contributed by atoms with Crippen LogP contribution in [0.1, 0.15) is 32.8 Å². The number of nitrogens with zero attached hydrogens (tertiary/aromatic N) is 3. The van der Waals surface area contributed by atoms with Gasteiger partial charge in [-0.05, 0) is 39.3 Å². The molecule has 0 radical (unpaired) electrons. The summed E-state index contributed by atoms with van der Waals surface area (Å²) in [7, 11) is -3.77. The number of carbonyl (C=O) groups is 1. The molecule has 0 unspecified atom stereocenters. The molecule has 1 aromatic rings. The van der Waals surface area contributed by atoms with Crippen LogP contribution >= 0.6 is 0 Å². The summed E-state index contributed by atoms with van der Waals surface area (Å²) in [6.07, 6.45) is 1.11. The predicted octanol–water partition coefficient (Wildman–Crippen LogP) is 1.74. The Morgan fingerprint density at radius 1 is 1.48 bits per heavy atom. The van der Waals surface area contributed by atoms with Gasteiger partial charge in [-0.15, -0.1) is 0 Å². The minimum absolute atomic E-state index is 0.0169. The molecule has 1 fully saturated rings. The number of pyridine rings is 1. The summed E-state index contributed by atoms with van der Waals surface area (Å²) in [6.45, 7) is 5.60. The lowest BCUT2D eigenvalue weighted by Crippen LogP contribution is -2.36. The van der Waals surface area contributed by atoms with Crippen molar-refractivity contribution in [1.82, 2.24) is 9.88 Å². The molecule has 0 bridgehead atoms. The van der Waals surface area contributed by atoms with Crippen LogP contribution < -0.4 is 0 Å². The van der Waals surface area contributed by atoms with Gasteiger partial charge < -0.3 is 9.64 Å². The van der Waals surface area contributed by atoms with Crippen LogP contribution in [0.15, 0.2) is 23.4 Å². The molecular weight excluding hydrogens is 318 g/mol. The van der Waals surface area contributed by atoms with Crippen LogP contribution in [0.4, 0.5) is 4.79 Å². The molecule has 1 saturated heterocycles. The van der Waals surface area contributed by atoms with Crippen molar-refractivity contribution in [2.24, 2.45) is 0 Å². The van der Waals surface area contributed by atoms with E-state index in [1.54, 1.807) is 20.8 Å². The van der Waals surface area contributed by atoms with Crippen molar-refractivity contribution >= 4 is 15.9 Å². The molecule has 2 heterocycles. The van der Waals surface area contributed by atoms with Crippen LogP contribution in [0.2, 0.25) is 0 Å². The van der Waals surface area contributed by atoms with Gasteiger partial charge in [0.15, 0.2) is 5.03 Å². The third-order valence-electron chi connectivity index (χ3n) is 3.40. The third kappa shape index (κ3) is 3.79. The lowest BCUT2D eigenvalue weighted by atomic mass is 10.2. The van der Waals surface area contributed by atoms with Crippen LogP contribution in [0.5, 0.6) is 0 Å². The maximum absolute atomic E-state index is 12.7. The van der Waals surface area contributed by atoms with Gasteiger partial charge in [-0.25, -0.2) is 18.2 Å². The second kappa shape index (κ2) is 6.16. The fraction of sp³-hybridized carbons (Fsp3) is 0.533. The first kappa shape index (κ1) is 17.2. The first-order valence-corrected chi connectivity index (χ1v) is 8.77. The topological polar surface area (TPSA) is 100 Å². The largest absolute Gasteiger partial charge is 0.444 e. The van der Waals surface area contributed by atoms with Crippen molar-refractivity contribution in [2.75, 3.05) is 13.1 Å². The Bertz CT molecular complexity index is 747. The molecule has 1 amide bonds. The first-order chi connectivity index (χ1) is 10.6. The number of hydrogen-bond acceptors (Lipinski definition) is 6. The minimum atomic E-state index is -3.77. The molecule has 0 aromatic carbocycles. The van der Waals surface area contributed by atoms with Crippen molar-refractivity contribution in [1.29, 1.82) is 5.26 Å². The van der Waals surface area contributed by atoms with Crippen molar-refractivity contribution in [2.45, 2.75) is 43.1 Å². The number of likely N-dealkylation sites (tertiary alicyclic amines) is 1. The Hall–Kier alpha value is -2.14. The Morgan fingerprint density at radius 3 is 2.78 bits per heavy atom. The number of rotatable bonds is 2. The van der Waals surface area contributed by atoms with E-state index in [1.165, 1.54) is 23.2 Å². The highest BCUT2D eigenvalue weighted by Gasteiger charge is 2.39. The van der Waals surface area contributed by atoms with E-state index in [4.69, 9.17) is 10.00 Å². The normalized spacial score (nSPS) is 18.5. The fourth-order valence-electron chi connectivity index (χ4n) is 2.33. The standard InChI is InChI=1S/C15H19N3O4S/c1-15(2,3)22-14(19)18-8-6-12(10-18)23(20,21)13-11(9-16)5-4-7-17-13/h4-5,7,12H,6,8,10H2,1-3H3/t12-/m1/s1. The highest BCUT2D eigenvalue weighted by Crippen LogP contribution is 2.25. The summed E-state index contributed by atoms with van der Waals surface area (Å²) >= 11 is 0. The molecule has 0 aliphatic carbocycles. The van der Waals surface area contributed by atoms with Crippen LogP contribution in [-0.2, 0) is 14.6 Å². The summed E-state index contributed by atoms with van der Waals surface area (Å²) in [5, 5.41) is 8.05. The monoisotopic (exact) mass is 337 g/mol. The summed E-state index contributed by atoms with van der Waals surface area (Å²) < 4.78 is 30.6. The zero-order valence-corrected chi connectivity index (χ0v) is 14.1. The van der Waals surface area contributed by atoms with Crippen LogP contribution in [0, 0.1) is 11.3 Å². The lowest BCUT2D eigenvalue weighted by molar-refractivity contribution is 0.0295. The SMILES string of the molecule is CC(C)(C)OC(=O)N1CC[C@@H](S(=O)(=O)c2ncccc2C#N)C1. The van der Waals surface area contributed by atoms with Crippen LogP contribution in [0.25, 0.3) is 0 Å². The maximum Gasteiger partial charge on any atom is 0.410 e. The van der Waals surface area contributed by atoms with Gasteiger partial charge in [0, 0.05) is 19.3 Å². The van der Waals surface area contributed by atoms with Gasteiger partial charge in [-0.2, -0.15) is 5.26 Å². The average Bonchev–Trinajstić information content (AvgIpc) is 2.96. The van der Waals surface area contributed by atoms with Crippen molar-refractivity contribution in [3.8, 4) is 6.07 Å². The van der Waals surface area contributed by atoms with Crippen LogP contribution in [-0.4, -0.2) is 48.3 Å². The quantitative estimate of drug-likeness (QED) is 0.815. The van der Waals surface area contributed by atoms with Gasteiger partial charge >= 0.3 is 6.09 Å². The molecule has 1 aliphatic heterocycles. The molecule has 23 heavy (non-hydrogen) atoms. The fourth-order valence-corrected chi connectivity index (χ4v) is 4.07. The van der Waals surface area contributed by atoms with E-state index in [9.17, 15) is 13.2 Å². The van der Waals surface area contributed by atoms with Crippen LogP contribution in [0.3, 0.4) is 0 Å². The highest BCUT2D eigenvalue weighted by molar-refractivity contribution is 7.92. The van der Waals surface area contributed by atoms with E-state index in [0.717, 1.165) is 0 Å². The van der Waals surface area contributed by atoms with Crippen molar-refractivity contribution in [3.05, 3.63) is 23.9 Å². The summed E-state index contributed by atoms with van der Waals surface area (Å²) in [5.74, 6) is 0. The molecule has 0 spiro atoms. The van der Waals surface area contributed by atoms with E-state index in [1.807, 2.05) is 6.07 Å². The lowest BCUT2D eigenvalue weighted by Gasteiger charge is -2.24. The van der Waals surface area contributed by atoms with E-state index in [0.29, 0.717) is 13.0 Å². The van der Waals surface area contributed by atoms with E-state index in [2.05, 4.69) is 4.98 Å². The summed E-state index contributed by atoms with van der Waals surface area (Å²) in [6, 6.07) is 4.77. The number of hydrogen-bond donors (Lipinski definition) is 0. The number of aromatic nitrogens is 1. The number of sulfone groups is 1. The Kier molecular flexibility index (Phi) is 4.61. The van der Waals surface area contributed by atoms with Gasteiger partial charge in [-0.3, -0.25) is 0 Å². The smallest absolute Gasteiger partial charge is 0.410 e. The Morgan fingerprint density at radius 2 is 2.17 bits per heavy atom. The minimum Gasteiger partial charge on any atom is -0.444 e. The second-order valence-electron chi connectivity index (χ2n) is 6.35. The van der Waals surface area contributed by atoms with Crippen molar-refractivity contribution in [3.63, 3.8) is 0 Å². The zero-order valence-electron chi connectivity index (χ0n) is 13.3. The molecule has 1 aromatic heterocycles. The molecule has 7 nitrogen and oxygen atoms in total. The summed E-state index contributed by atoms with van der Waals surface area (Å²) in [4.78, 5) is 17.3. The summed E-state index contributed by atoms with van der Waals surface area (Å²) in [5.41, 5.74) is -0.619. The van der Waals surface area contributed by atoms with Gasteiger partial charge in [0.1, 0.15) is 11.7 Å². The Balaban J connectivity index is 2.18. The molecule has 0 saturated carbocycles. The van der Waals surface area contributed by atoms with Gasteiger partial charge in [0.2, 0.25) is 9.84 Å². The molecule has 1 aliphatic rings. The van der Waals surface area contributed by atoms with E-state index < -0.39 is 26.8 Å². The molecular formula is C15H19N3O4S. The molecule has 2 rings (SSSR count). The Labute approximate surface area is 135 Å². The third-order valence-corrected chi connectivity index (χ3v) is 5.52. The number of nitriles is 1.